The maximum Gasteiger partial charge on any atom is 0.332 e. The van der Waals surface area contributed by atoms with Crippen LogP contribution in [0.1, 0.15) is 0 Å². The van der Waals surface area contributed by atoms with Gasteiger partial charge in [0.05, 0.1) is 18.6 Å². The zero-order valence-electron chi connectivity index (χ0n) is 18.5. The van der Waals surface area contributed by atoms with Gasteiger partial charge in [-0.3, -0.25) is 18.7 Å². The molecule has 2 aromatic carbocycles. The van der Waals surface area contributed by atoms with Crippen molar-refractivity contribution in [3.05, 3.63) is 75.2 Å². The molecular formula is C23H20FN5O4S. The highest BCUT2D eigenvalue weighted by Gasteiger charge is 2.19. The highest BCUT2D eigenvalue weighted by atomic mass is 32.2. The van der Waals surface area contributed by atoms with E-state index in [4.69, 9.17) is 4.74 Å². The van der Waals surface area contributed by atoms with Gasteiger partial charge in [0.2, 0.25) is 5.91 Å². The molecule has 0 saturated heterocycles. The van der Waals surface area contributed by atoms with Gasteiger partial charge in [-0.05, 0) is 36.4 Å². The van der Waals surface area contributed by atoms with Crippen LogP contribution in [0.2, 0.25) is 0 Å². The number of carbonyl (C=O) groups excluding carboxylic acids is 1. The molecule has 0 saturated carbocycles. The van der Waals surface area contributed by atoms with E-state index in [2.05, 4.69) is 15.3 Å². The molecule has 0 atom stereocenters. The fraction of sp³-hybridized carbons (Fsp3) is 0.174. The summed E-state index contributed by atoms with van der Waals surface area (Å²) in [7, 11) is 4.42. The zero-order chi connectivity index (χ0) is 24.4. The monoisotopic (exact) mass is 481 g/mol. The van der Waals surface area contributed by atoms with E-state index in [9.17, 15) is 18.8 Å². The molecule has 9 nitrogen and oxygen atoms in total. The number of nitrogens with one attached hydrogen (secondary N) is 1. The molecule has 1 amide bonds. The number of fused-ring (bicyclic) bond motifs is 1. The Hall–Kier alpha value is -3.99. The lowest BCUT2D eigenvalue weighted by atomic mass is 10.2. The molecule has 0 fully saturated rings. The maximum absolute atomic E-state index is 13.9. The Morgan fingerprint density at radius 2 is 1.76 bits per heavy atom. The standard InChI is InChI=1S/C23H20FN5O4S/c1-28-20-18(22(31)29(2)23(28)32)21(27-19(26-20)13-8-10-14(33-3)11-9-13)34-12-17(30)25-16-7-5-4-6-15(16)24/h4-11H,12H2,1-3H3,(H,25,30). The first-order valence-electron chi connectivity index (χ1n) is 10.1. The van der Waals surface area contributed by atoms with Crippen molar-refractivity contribution in [1.29, 1.82) is 0 Å². The minimum atomic E-state index is -0.573. The molecule has 4 rings (SSSR count). The smallest absolute Gasteiger partial charge is 0.332 e. The lowest BCUT2D eigenvalue weighted by Gasteiger charge is -2.12. The van der Waals surface area contributed by atoms with Gasteiger partial charge >= 0.3 is 5.69 Å². The van der Waals surface area contributed by atoms with Crippen molar-refractivity contribution in [3.8, 4) is 17.1 Å². The minimum Gasteiger partial charge on any atom is -0.497 e. The normalized spacial score (nSPS) is 10.9. The number of hydrogen-bond acceptors (Lipinski definition) is 7. The van der Waals surface area contributed by atoms with Crippen LogP contribution >= 0.6 is 11.8 Å². The highest BCUT2D eigenvalue weighted by molar-refractivity contribution is 8.00. The van der Waals surface area contributed by atoms with Crippen molar-refractivity contribution in [2.24, 2.45) is 14.1 Å². The largest absolute Gasteiger partial charge is 0.497 e. The van der Waals surface area contributed by atoms with E-state index < -0.39 is 23.0 Å². The summed E-state index contributed by atoms with van der Waals surface area (Å²) in [6.45, 7) is 0. The lowest BCUT2D eigenvalue weighted by Crippen LogP contribution is -2.37. The number of para-hydroxylation sites is 1. The number of benzene rings is 2. The van der Waals surface area contributed by atoms with Gasteiger partial charge in [-0.15, -0.1) is 0 Å². The van der Waals surface area contributed by atoms with E-state index >= 15 is 0 Å². The predicted molar refractivity (Wildman–Crippen MR) is 128 cm³/mol. The minimum absolute atomic E-state index is 0.0536. The Bertz CT molecular complexity index is 1520. The summed E-state index contributed by atoms with van der Waals surface area (Å²) in [5.74, 6) is -0.261. The van der Waals surface area contributed by atoms with Gasteiger partial charge in [0.15, 0.2) is 11.5 Å². The third-order valence-electron chi connectivity index (χ3n) is 5.10. The molecule has 0 unspecified atom stereocenters. The van der Waals surface area contributed by atoms with Crippen LogP contribution in [0.5, 0.6) is 5.75 Å². The van der Waals surface area contributed by atoms with Crippen molar-refractivity contribution in [1.82, 2.24) is 19.1 Å². The number of thioether (sulfide) groups is 1. The summed E-state index contributed by atoms with van der Waals surface area (Å²) >= 11 is 0.998. The van der Waals surface area contributed by atoms with Crippen LogP contribution < -0.4 is 21.3 Å². The molecular weight excluding hydrogens is 461 g/mol. The van der Waals surface area contributed by atoms with Crippen LogP contribution in [-0.4, -0.2) is 37.9 Å². The van der Waals surface area contributed by atoms with Crippen LogP contribution in [0.15, 0.2) is 63.1 Å². The number of rotatable bonds is 6. The zero-order valence-corrected chi connectivity index (χ0v) is 19.4. The van der Waals surface area contributed by atoms with Crippen LogP contribution in [0.25, 0.3) is 22.4 Å². The summed E-state index contributed by atoms with van der Waals surface area (Å²) in [5, 5.41) is 2.85. The summed E-state index contributed by atoms with van der Waals surface area (Å²) in [6.07, 6.45) is 0. The number of ether oxygens (including phenoxy) is 1. The Labute approximate surface area is 197 Å². The number of aryl methyl sites for hydroxylation is 1. The average Bonchev–Trinajstić information content (AvgIpc) is 2.85. The Kier molecular flexibility index (Phi) is 6.46. The Morgan fingerprint density at radius 1 is 1.06 bits per heavy atom. The maximum atomic E-state index is 13.9. The van der Waals surface area contributed by atoms with E-state index in [1.165, 1.54) is 36.9 Å². The van der Waals surface area contributed by atoms with E-state index in [0.29, 0.717) is 11.3 Å². The quantitative estimate of drug-likeness (QED) is 0.333. The van der Waals surface area contributed by atoms with Crippen molar-refractivity contribution >= 4 is 34.4 Å². The number of amides is 1. The number of anilines is 1. The van der Waals surface area contributed by atoms with Crippen molar-refractivity contribution in [3.63, 3.8) is 0 Å². The van der Waals surface area contributed by atoms with Gasteiger partial charge in [0.1, 0.15) is 22.0 Å². The van der Waals surface area contributed by atoms with E-state index in [1.807, 2.05) is 0 Å². The highest BCUT2D eigenvalue weighted by Crippen LogP contribution is 2.27. The SMILES string of the molecule is COc1ccc(-c2nc(SCC(=O)Nc3ccccc3F)c3c(=O)n(C)c(=O)n(C)c3n2)cc1. The first kappa shape index (κ1) is 23.2. The van der Waals surface area contributed by atoms with Crippen LogP contribution in [0, 0.1) is 5.82 Å². The molecule has 0 bridgehead atoms. The fourth-order valence-electron chi connectivity index (χ4n) is 3.29. The number of hydrogen-bond donors (Lipinski definition) is 1. The van der Waals surface area contributed by atoms with E-state index in [1.54, 1.807) is 37.4 Å². The van der Waals surface area contributed by atoms with E-state index in [-0.39, 0.29) is 33.3 Å². The summed E-state index contributed by atoms with van der Waals surface area (Å²) in [6, 6.07) is 12.8. The van der Waals surface area contributed by atoms with Gasteiger partial charge in [-0.1, -0.05) is 23.9 Å². The van der Waals surface area contributed by atoms with Crippen molar-refractivity contribution in [2.45, 2.75) is 5.03 Å². The molecule has 0 aliphatic heterocycles. The van der Waals surface area contributed by atoms with Gasteiger partial charge in [0, 0.05) is 19.7 Å². The predicted octanol–water partition coefficient (Wildman–Crippen LogP) is 2.57. The van der Waals surface area contributed by atoms with Crippen LogP contribution in [-0.2, 0) is 18.9 Å². The van der Waals surface area contributed by atoms with Gasteiger partial charge in [-0.25, -0.2) is 19.2 Å². The van der Waals surface area contributed by atoms with Crippen molar-refractivity contribution in [2.75, 3.05) is 18.2 Å². The van der Waals surface area contributed by atoms with Crippen LogP contribution in [0.4, 0.5) is 10.1 Å². The topological polar surface area (TPSA) is 108 Å². The summed E-state index contributed by atoms with van der Waals surface area (Å²) < 4.78 is 21.3. The average molecular weight is 482 g/mol. The first-order valence-corrected chi connectivity index (χ1v) is 11.1. The summed E-state index contributed by atoms with van der Waals surface area (Å²) in [5.41, 5.74) is -0.279. The number of methoxy groups -OCH3 is 1. The summed E-state index contributed by atoms with van der Waals surface area (Å²) in [4.78, 5) is 46.9. The molecule has 11 heteroatoms. The Balaban J connectivity index is 1.77. The van der Waals surface area contributed by atoms with Crippen LogP contribution in [0.3, 0.4) is 0 Å². The van der Waals surface area contributed by atoms with Crippen molar-refractivity contribution < 1.29 is 13.9 Å². The Morgan fingerprint density at radius 3 is 2.44 bits per heavy atom. The molecule has 1 N–H and O–H groups in total. The number of aromatic nitrogens is 4. The van der Waals surface area contributed by atoms with E-state index in [0.717, 1.165) is 16.3 Å². The third-order valence-corrected chi connectivity index (χ3v) is 6.08. The third kappa shape index (κ3) is 4.42. The molecule has 0 spiro atoms. The number of nitrogens with zero attached hydrogens (tertiary/aromatic N) is 4. The lowest BCUT2D eigenvalue weighted by molar-refractivity contribution is -0.113. The van der Waals surface area contributed by atoms with Gasteiger partial charge in [0.25, 0.3) is 5.56 Å². The first-order chi connectivity index (χ1) is 16.3. The van der Waals surface area contributed by atoms with Gasteiger partial charge in [-0.2, -0.15) is 0 Å². The molecule has 2 aromatic heterocycles. The second-order valence-electron chi connectivity index (χ2n) is 7.30. The molecule has 0 aliphatic carbocycles. The molecule has 34 heavy (non-hydrogen) atoms. The molecule has 174 valence electrons. The second kappa shape index (κ2) is 9.48. The fourth-order valence-corrected chi connectivity index (χ4v) is 4.10. The molecule has 0 aliphatic rings. The number of carbonyl (C=O) groups is 1. The second-order valence-corrected chi connectivity index (χ2v) is 8.27. The van der Waals surface area contributed by atoms with Gasteiger partial charge < -0.3 is 10.1 Å². The molecule has 4 aromatic rings. The number of halogens is 1. The molecule has 2 heterocycles. The molecule has 0 radical (unpaired) electrons.